The standard InChI is InChI=1S/C19H17F4N3O2/c1-11(15-5-4-14(9-24-15)28-10-19(21,22)23)25-18(27)17-8-12-7-13(20)3-6-16(12)26(17)2/h3-9,11H,10H2,1-2H3,(H,25,27). The number of halogens is 4. The number of nitrogens with zero attached hydrogens (tertiary/aromatic N) is 2. The van der Waals surface area contributed by atoms with Gasteiger partial charge in [0.1, 0.15) is 17.3 Å². The zero-order chi connectivity index (χ0) is 20.5. The zero-order valence-corrected chi connectivity index (χ0v) is 15.0. The number of hydrogen-bond acceptors (Lipinski definition) is 3. The summed E-state index contributed by atoms with van der Waals surface area (Å²) in [6.07, 6.45) is -3.26. The monoisotopic (exact) mass is 395 g/mol. The summed E-state index contributed by atoms with van der Waals surface area (Å²) < 4.78 is 56.1. The van der Waals surface area contributed by atoms with Crippen molar-refractivity contribution in [2.75, 3.05) is 6.61 Å². The largest absolute Gasteiger partial charge is 0.483 e. The van der Waals surface area contributed by atoms with Gasteiger partial charge in [-0.3, -0.25) is 9.78 Å². The quantitative estimate of drug-likeness (QED) is 0.661. The molecule has 0 saturated heterocycles. The van der Waals surface area contributed by atoms with Gasteiger partial charge in [0.05, 0.1) is 17.9 Å². The van der Waals surface area contributed by atoms with Crippen LogP contribution in [0.15, 0.2) is 42.6 Å². The molecule has 0 fully saturated rings. The normalized spacial score (nSPS) is 12.8. The summed E-state index contributed by atoms with van der Waals surface area (Å²) >= 11 is 0. The molecule has 2 aromatic heterocycles. The average molecular weight is 395 g/mol. The molecule has 1 unspecified atom stereocenters. The Balaban J connectivity index is 1.70. The van der Waals surface area contributed by atoms with Crippen LogP contribution < -0.4 is 10.1 Å². The van der Waals surface area contributed by atoms with Crippen molar-refractivity contribution in [3.8, 4) is 5.75 Å². The molecule has 1 amide bonds. The summed E-state index contributed by atoms with van der Waals surface area (Å²) in [7, 11) is 1.70. The Labute approximate surface area is 157 Å². The van der Waals surface area contributed by atoms with E-state index in [0.717, 1.165) is 0 Å². The summed E-state index contributed by atoms with van der Waals surface area (Å²) in [6.45, 7) is 0.292. The van der Waals surface area contributed by atoms with Crippen LogP contribution in [0, 0.1) is 5.82 Å². The van der Waals surface area contributed by atoms with Gasteiger partial charge >= 0.3 is 6.18 Å². The van der Waals surface area contributed by atoms with Gasteiger partial charge in [-0.1, -0.05) is 0 Å². The molecule has 0 spiro atoms. The van der Waals surface area contributed by atoms with E-state index in [-0.39, 0.29) is 11.7 Å². The molecular weight excluding hydrogens is 378 g/mol. The SMILES string of the molecule is CC(NC(=O)c1cc2cc(F)ccc2n1C)c1ccc(OCC(F)(F)F)cn1. The number of fused-ring (bicyclic) bond motifs is 1. The Morgan fingerprint density at radius 3 is 2.64 bits per heavy atom. The van der Waals surface area contributed by atoms with Crippen LogP contribution in [0.2, 0.25) is 0 Å². The number of alkyl halides is 3. The van der Waals surface area contributed by atoms with E-state index in [1.807, 2.05) is 0 Å². The van der Waals surface area contributed by atoms with E-state index < -0.39 is 24.6 Å². The van der Waals surface area contributed by atoms with Gasteiger partial charge in [-0.25, -0.2) is 4.39 Å². The molecule has 1 atom stereocenters. The average Bonchev–Trinajstić information content (AvgIpc) is 2.95. The number of carbonyl (C=O) groups is 1. The van der Waals surface area contributed by atoms with Crippen molar-refractivity contribution in [3.63, 3.8) is 0 Å². The third-order valence-corrected chi connectivity index (χ3v) is 4.19. The number of amides is 1. The lowest BCUT2D eigenvalue weighted by Crippen LogP contribution is -2.28. The maximum atomic E-state index is 13.4. The molecule has 28 heavy (non-hydrogen) atoms. The predicted molar refractivity (Wildman–Crippen MR) is 94.5 cm³/mol. The molecule has 0 bridgehead atoms. The maximum absolute atomic E-state index is 13.4. The first-order valence-corrected chi connectivity index (χ1v) is 8.35. The number of aromatic nitrogens is 2. The van der Waals surface area contributed by atoms with Gasteiger partial charge in [0.25, 0.3) is 5.91 Å². The van der Waals surface area contributed by atoms with Gasteiger partial charge in [-0.15, -0.1) is 0 Å². The summed E-state index contributed by atoms with van der Waals surface area (Å²) in [5.74, 6) is -0.795. The van der Waals surface area contributed by atoms with E-state index in [0.29, 0.717) is 22.3 Å². The second-order valence-electron chi connectivity index (χ2n) is 6.31. The minimum Gasteiger partial charge on any atom is -0.483 e. The molecule has 0 aliphatic heterocycles. The molecule has 1 N–H and O–H groups in total. The Hall–Kier alpha value is -3.10. The van der Waals surface area contributed by atoms with Crippen LogP contribution in [0.5, 0.6) is 5.75 Å². The molecule has 9 heteroatoms. The Kier molecular flexibility index (Phi) is 5.26. The highest BCUT2D eigenvalue weighted by molar-refractivity contribution is 5.98. The number of aryl methyl sites for hydroxylation is 1. The van der Waals surface area contributed by atoms with Gasteiger partial charge in [-0.2, -0.15) is 13.2 Å². The van der Waals surface area contributed by atoms with Crippen LogP contribution in [-0.4, -0.2) is 28.2 Å². The summed E-state index contributed by atoms with van der Waals surface area (Å²) in [5, 5.41) is 3.37. The van der Waals surface area contributed by atoms with E-state index in [9.17, 15) is 22.4 Å². The van der Waals surface area contributed by atoms with Gasteiger partial charge in [0.2, 0.25) is 0 Å². The van der Waals surface area contributed by atoms with Crippen LogP contribution >= 0.6 is 0 Å². The second-order valence-corrected chi connectivity index (χ2v) is 6.31. The lowest BCUT2D eigenvalue weighted by Gasteiger charge is -2.15. The molecule has 0 aliphatic carbocycles. The minimum atomic E-state index is -4.43. The fourth-order valence-corrected chi connectivity index (χ4v) is 2.78. The molecule has 3 rings (SSSR count). The van der Waals surface area contributed by atoms with Crippen molar-refractivity contribution < 1.29 is 27.1 Å². The first-order chi connectivity index (χ1) is 13.1. The molecular formula is C19H17F4N3O2. The molecule has 0 saturated carbocycles. The van der Waals surface area contributed by atoms with Crippen LogP contribution in [0.3, 0.4) is 0 Å². The molecule has 5 nitrogen and oxygen atoms in total. The third kappa shape index (κ3) is 4.41. The van der Waals surface area contributed by atoms with Crippen molar-refractivity contribution in [3.05, 3.63) is 59.8 Å². The van der Waals surface area contributed by atoms with Crippen LogP contribution in [0.1, 0.15) is 29.1 Å². The zero-order valence-electron chi connectivity index (χ0n) is 15.0. The second kappa shape index (κ2) is 7.49. The Bertz CT molecular complexity index is 997. The molecule has 1 aromatic carbocycles. The lowest BCUT2D eigenvalue weighted by atomic mass is 10.2. The van der Waals surface area contributed by atoms with E-state index in [1.165, 1.54) is 30.5 Å². The van der Waals surface area contributed by atoms with Crippen LogP contribution in [0.25, 0.3) is 10.9 Å². The summed E-state index contributed by atoms with van der Waals surface area (Å²) in [5.41, 5.74) is 1.51. The lowest BCUT2D eigenvalue weighted by molar-refractivity contribution is -0.153. The number of rotatable bonds is 5. The predicted octanol–water partition coefficient (Wildman–Crippen LogP) is 4.14. The van der Waals surface area contributed by atoms with Crippen molar-refractivity contribution in [2.24, 2.45) is 7.05 Å². The topological polar surface area (TPSA) is 56.2 Å². The Morgan fingerprint density at radius 1 is 1.25 bits per heavy atom. The highest BCUT2D eigenvalue weighted by Gasteiger charge is 2.28. The smallest absolute Gasteiger partial charge is 0.422 e. The van der Waals surface area contributed by atoms with Gasteiger partial charge in [0, 0.05) is 18.0 Å². The summed E-state index contributed by atoms with van der Waals surface area (Å²) in [4.78, 5) is 16.6. The van der Waals surface area contributed by atoms with Crippen LogP contribution in [-0.2, 0) is 7.05 Å². The number of ether oxygens (including phenoxy) is 1. The van der Waals surface area contributed by atoms with Gasteiger partial charge < -0.3 is 14.6 Å². The van der Waals surface area contributed by atoms with Gasteiger partial charge in [0.15, 0.2) is 6.61 Å². The van der Waals surface area contributed by atoms with Crippen molar-refractivity contribution in [2.45, 2.75) is 19.1 Å². The summed E-state index contributed by atoms with van der Waals surface area (Å²) in [6, 6.07) is 8.17. The minimum absolute atomic E-state index is 0.0182. The number of benzene rings is 1. The Morgan fingerprint density at radius 2 is 2.00 bits per heavy atom. The highest BCUT2D eigenvalue weighted by atomic mass is 19.4. The number of carbonyl (C=O) groups excluding carboxylic acids is 1. The van der Waals surface area contributed by atoms with Crippen molar-refractivity contribution >= 4 is 16.8 Å². The molecule has 0 aliphatic rings. The molecule has 3 aromatic rings. The van der Waals surface area contributed by atoms with Crippen LogP contribution in [0.4, 0.5) is 17.6 Å². The van der Waals surface area contributed by atoms with E-state index in [4.69, 9.17) is 0 Å². The van der Waals surface area contributed by atoms with Crippen molar-refractivity contribution in [1.29, 1.82) is 0 Å². The first kappa shape index (κ1) is 19.7. The third-order valence-electron chi connectivity index (χ3n) is 4.19. The fourth-order valence-electron chi connectivity index (χ4n) is 2.78. The first-order valence-electron chi connectivity index (χ1n) is 8.35. The fraction of sp³-hybridized carbons (Fsp3) is 0.263. The molecule has 2 heterocycles. The molecule has 148 valence electrons. The molecule has 0 radical (unpaired) electrons. The number of hydrogen-bond donors (Lipinski definition) is 1. The van der Waals surface area contributed by atoms with Crippen molar-refractivity contribution in [1.82, 2.24) is 14.9 Å². The van der Waals surface area contributed by atoms with Gasteiger partial charge in [-0.05, 0) is 43.3 Å². The van der Waals surface area contributed by atoms with E-state index >= 15 is 0 Å². The maximum Gasteiger partial charge on any atom is 0.422 e. The van der Waals surface area contributed by atoms with E-state index in [1.54, 1.807) is 30.7 Å². The highest BCUT2D eigenvalue weighted by Crippen LogP contribution is 2.22. The number of nitrogens with one attached hydrogen (secondary N) is 1. The van der Waals surface area contributed by atoms with E-state index in [2.05, 4.69) is 15.0 Å². The number of pyridine rings is 1.